The molecule has 1 atom stereocenters. The monoisotopic (exact) mass is 248 g/mol. The Hall–Kier alpha value is -2.09. The quantitative estimate of drug-likeness (QED) is 0.758. The molecule has 96 valence electrons. The Balaban J connectivity index is 3.13. The minimum absolute atomic E-state index is 0.0238. The van der Waals surface area contributed by atoms with Crippen molar-refractivity contribution in [2.45, 2.75) is 33.2 Å². The molecule has 0 N–H and O–H groups in total. The molecule has 0 aliphatic rings. The lowest BCUT2D eigenvalue weighted by Gasteiger charge is -2.17. The molecule has 1 heterocycles. The zero-order chi connectivity index (χ0) is 13.7. The first-order valence-corrected chi connectivity index (χ1v) is 5.81. The van der Waals surface area contributed by atoms with Gasteiger partial charge in [0.15, 0.2) is 0 Å². The molecule has 5 nitrogen and oxygen atoms in total. The lowest BCUT2D eigenvalue weighted by Crippen LogP contribution is -2.32. The SMILES string of the molecule is CCCOC(=O)C(C)n1c(C)ccc(C#N)c1=O. The van der Waals surface area contributed by atoms with Gasteiger partial charge in [-0.25, -0.2) is 4.79 Å². The van der Waals surface area contributed by atoms with Crippen LogP contribution in [0.2, 0.25) is 0 Å². The summed E-state index contributed by atoms with van der Waals surface area (Å²) in [6.07, 6.45) is 0.727. The maximum absolute atomic E-state index is 12.0. The number of carbonyl (C=O) groups is 1. The molecule has 0 saturated heterocycles. The minimum Gasteiger partial charge on any atom is -0.464 e. The summed E-state index contributed by atoms with van der Waals surface area (Å²) >= 11 is 0. The van der Waals surface area contributed by atoms with Crippen molar-refractivity contribution >= 4 is 5.97 Å². The van der Waals surface area contributed by atoms with Gasteiger partial charge >= 0.3 is 5.97 Å². The fourth-order valence-electron chi connectivity index (χ4n) is 1.64. The highest BCUT2D eigenvalue weighted by Crippen LogP contribution is 2.09. The van der Waals surface area contributed by atoms with Crippen LogP contribution in [0.25, 0.3) is 0 Å². The molecule has 0 radical (unpaired) electrons. The maximum atomic E-state index is 12.0. The summed E-state index contributed by atoms with van der Waals surface area (Å²) in [4.78, 5) is 23.7. The van der Waals surface area contributed by atoms with Gasteiger partial charge in [-0.15, -0.1) is 0 Å². The second-order valence-corrected chi connectivity index (χ2v) is 4.02. The van der Waals surface area contributed by atoms with Crippen molar-refractivity contribution in [3.63, 3.8) is 0 Å². The molecule has 0 bridgehead atoms. The van der Waals surface area contributed by atoms with Crippen LogP contribution < -0.4 is 5.56 Å². The number of esters is 1. The van der Waals surface area contributed by atoms with Crippen LogP contribution in [0.3, 0.4) is 0 Å². The van der Waals surface area contributed by atoms with Gasteiger partial charge in [0, 0.05) is 5.69 Å². The van der Waals surface area contributed by atoms with Crippen LogP contribution in [-0.4, -0.2) is 17.1 Å². The standard InChI is InChI=1S/C13H16N2O3/c1-4-7-18-13(17)10(3)15-9(2)5-6-11(8-14)12(15)16/h5-6,10H,4,7H2,1-3H3. The molecular weight excluding hydrogens is 232 g/mol. The van der Waals surface area contributed by atoms with Gasteiger partial charge < -0.3 is 4.74 Å². The zero-order valence-electron chi connectivity index (χ0n) is 10.8. The van der Waals surface area contributed by atoms with Gasteiger partial charge in [-0.3, -0.25) is 9.36 Å². The summed E-state index contributed by atoms with van der Waals surface area (Å²) in [5.74, 6) is -0.461. The predicted molar refractivity (Wildman–Crippen MR) is 66.1 cm³/mol. The number of nitrogens with zero attached hydrogens (tertiary/aromatic N) is 2. The highest BCUT2D eigenvalue weighted by molar-refractivity contribution is 5.73. The molecule has 0 spiro atoms. The van der Waals surface area contributed by atoms with Crippen molar-refractivity contribution < 1.29 is 9.53 Å². The number of carbonyl (C=O) groups excluding carboxylic acids is 1. The number of nitriles is 1. The molecule has 0 aromatic carbocycles. The third-order valence-corrected chi connectivity index (χ3v) is 2.62. The molecule has 1 aromatic heterocycles. The first kappa shape index (κ1) is 14.0. The van der Waals surface area contributed by atoms with Crippen molar-refractivity contribution in [2.24, 2.45) is 0 Å². The van der Waals surface area contributed by atoms with Crippen LogP contribution in [-0.2, 0) is 9.53 Å². The van der Waals surface area contributed by atoms with E-state index in [9.17, 15) is 9.59 Å². The Kier molecular flexibility index (Phi) is 4.67. The van der Waals surface area contributed by atoms with E-state index in [2.05, 4.69) is 0 Å². The van der Waals surface area contributed by atoms with Gasteiger partial charge in [-0.2, -0.15) is 5.26 Å². The van der Waals surface area contributed by atoms with Crippen LogP contribution in [0.1, 0.15) is 37.6 Å². The Morgan fingerprint density at radius 2 is 2.22 bits per heavy atom. The Morgan fingerprint density at radius 3 is 2.78 bits per heavy atom. The lowest BCUT2D eigenvalue weighted by atomic mass is 10.2. The van der Waals surface area contributed by atoms with Gasteiger partial charge in [-0.1, -0.05) is 6.92 Å². The fraction of sp³-hybridized carbons (Fsp3) is 0.462. The number of aromatic nitrogens is 1. The van der Waals surface area contributed by atoms with Gasteiger partial charge in [-0.05, 0) is 32.4 Å². The number of hydrogen-bond donors (Lipinski definition) is 0. The number of rotatable bonds is 4. The van der Waals surface area contributed by atoms with E-state index in [1.54, 1.807) is 19.9 Å². The second-order valence-electron chi connectivity index (χ2n) is 4.02. The number of aryl methyl sites for hydroxylation is 1. The first-order valence-electron chi connectivity index (χ1n) is 5.81. The van der Waals surface area contributed by atoms with E-state index in [4.69, 9.17) is 10.00 Å². The van der Waals surface area contributed by atoms with E-state index in [0.29, 0.717) is 12.3 Å². The first-order chi connectivity index (χ1) is 8.52. The van der Waals surface area contributed by atoms with Crippen LogP contribution in [0, 0.1) is 18.3 Å². The highest BCUT2D eigenvalue weighted by Gasteiger charge is 2.20. The van der Waals surface area contributed by atoms with Gasteiger partial charge in [0.05, 0.1) is 6.61 Å². The average Bonchev–Trinajstić information content (AvgIpc) is 2.36. The van der Waals surface area contributed by atoms with Crippen LogP contribution in [0.4, 0.5) is 0 Å². The highest BCUT2D eigenvalue weighted by atomic mass is 16.5. The molecule has 5 heteroatoms. The molecule has 0 aliphatic carbocycles. The lowest BCUT2D eigenvalue weighted by molar-refractivity contribution is -0.147. The van der Waals surface area contributed by atoms with Crippen molar-refractivity contribution in [2.75, 3.05) is 6.61 Å². The van der Waals surface area contributed by atoms with E-state index in [-0.39, 0.29) is 5.56 Å². The second kappa shape index (κ2) is 6.01. The van der Waals surface area contributed by atoms with Crippen molar-refractivity contribution in [3.05, 3.63) is 33.7 Å². The van der Waals surface area contributed by atoms with Crippen molar-refractivity contribution in [1.82, 2.24) is 4.57 Å². The summed E-state index contributed by atoms with van der Waals surface area (Å²) in [5, 5.41) is 8.82. The average molecular weight is 248 g/mol. The van der Waals surface area contributed by atoms with Crippen LogP contribution in [0.5, 0.6) is 0 Å². The van der Waals surface area contributed by atoms with E-state index >= 15 is 0 Å². The summed E-state index contributed by atoms with van der Waals surface area (Å²) in [6.45, 7) is 5.53. The summed E-state index contributed by atoms with van der Waals surface area (Å²) in [6, 6.07) is 4.19. The molecule has 0 amide bonds. The molecule has 1 rings (SSSR count). The number of pyridine rings is 1. The molecule has 0 fully saturated rings. The van der Waals surface area contributed by atoms with E-state index < -0.39 is 17.6 Å². The summed E-state index contributed by atoms with van der Waals surface area (Å²) in [5.41, 5.74) is 0.189. The predicted octanol–water partition coefficient (Wildman–Crippen LogP) is 1.54. The molecule has 1 unspecified atom stereocenters. The molecule has 18 heavy (non-hydrogen) atoms. The zero-order valence-corrected chi connectivity index (χ0v) is 10.8. The van der Waals surface area contributed by atoms with Crippen molar-refractivity contribution in [1.29, 1.82) is 5.26 Å². The molecule has 1 aromatic rings. The van der Waals surface area contributed by atoms with E-state index in [1.165, 1.54) is 10.6 Å². The molecular formula is C13H16N2O3. The van der Waals surface area contributed by atoms with Crippen molar-refractivity contribution in [3.8, 4) is 6.07 Å². The third kappa shape index (κ3) is 2.77. The Morgan fingerprint density at radius 1 is 1.56 bits per heavy atom. The summed E-state index contributed by atoms with van der Waals surface area (Å²) < 4.78 is 6.30. The maximum Gasteiger partial charge on any atom is 0.328 e. The minimum atomic E-state index is -0.725. The number of ether oxygens (including phenoxy) is 1. The summed E-state index contributed by atoms with van der Waals surface area (Å²) in [7, 11) is 0. The van der Waals surface area contributed by atoms with Crippen LogP contribution in [0.15, 0.2) is 16.9 Å². The van der Waals surface area contributed by atoms with Gasteiger partial charge in [0.2, 0.25) is 0 Å². The van der Waals surface area contributed by atoms with E-state index in [1.807, 2.05) is 13.0 Å². The Bertz CT molecular complexity index is 540. The fourth-order valence-corrected chi connectivity index (χ4v) is 1.64. The van der Waals surface area contributed by atoms with E-state index in [0.717, 1.165) is 6.42 Å². The topological polar surface area (TPSA) is 72.1 Å². The normalized spacial score (nSPS) is 11.7. The van der Waals surface area contributed by atoms with Crippen LogP contribution >= 0.6 is 0 Å². The molecule has 0 aliphatic heterocycles. The smallest absolute Gasteiger partial charge is 0.328 e. The molecule has 0 saturated carbocycles. The number of hydrogen-bond acceptors (Lipinski definition) is 4. The Labute approximate surface area is 106 Å². The van der Waals surface area contributed by atoms with Gasteiger partial charge in [0.1, 0.15) is 17.7 Å². The third-order valence-electron chi connectivity index (χ3n) is 2.62. The van der Waals surface area contributed by atoms with Gasteiger partial charge in [0.25, 0.3) is 5.56 Å². The largest absolute Gasteiger partial charge is 0.464 e.